The Hall–Kier alpha value is -1.95. The smallest absolute Gasteiger partial charge is 0.255 e. The Labute approximate surface area is 141 Å². The molecule has 1 amide bonds. The van der Waals surface area contributed by atoms with Crippen LogP contribution in [0.4, 0.5) is 0 Å². The van der Waals surface area contributed by atoms with E-state index in [0.717, 1.165) is 37.1 Å². The molecule has 0 bridgehead atoms. The van der Waals surface area contributed by atoms with E-state index in [9.17, 15) is 4.79 Å². The van der Waals surface area contributed by atoms with E-state index < -0.39 is 0 Å². The van der Waals surface area contributed by atoms with Crippen molar-refractivity contribution in [3.8, 4) is 0 Å². The van der Waals surface area contributed by atoms with Gasteiger partial charge in [0, 0.05) is 32.4 Å². The summed E-state index contributed by atoms with van der Waals surface area (Å²) in [7, 11) is 1.74. The van der Waals surface area contributed by atoms with Crippen molar-refractivity contribution in [2.75, 3.05) is 20.2 Å². The van der Waals surface area contributed by atoms with E-state index in [1.165, 1.54) is 25.7 Å². The number of carbonyl (C=O) groups excluding carboxylic acids is 1. The van der Waals surface area contributed by atoms with Crippen LogP contribution in [0.1, 0.15) is 54.9 Å². The minimum Gasteiger partial charge on any atom is -0.381 e. The molecule has 4 rings (SSSR count). The van der Waals surface area contributed by atoms with Gasteiger partial charge in [0.05, 0.1) is 18.0 Å². The maximum absolute atomic E-state index is 12.7. The number of pyridine rings is 1. The highest BCUT2D eigenvalue weighted by Crippen LogP contribution is 2.31. The van der Waals surface area contributed by atoms with Crippen molar-refractivity contribution in [3.05, 3.63) is 24.2 Å². The minimum absolute atomic E-state index is 0.0503. The van der Waals surface area contributed by atoms with Gasteiger partial charge in [-0.3, -0.25) is 4.79 Å². The summed E-state index contributed by atoms with van der Waals surface area (Å²) in [5.74, 6) is 0.0503. The first kappa shape index (κ1) is 15.6. The summed E-state index contributed by atoms with van der Waals surface area (Å²) in [5, 5.41) is 0. The topological polar surface area (TPSA) is 60.2 Å². The third-order valence-corrected chi connectivity index (χ3v) is 5.44. The summed E-state index contributed by atoms with van der Waals surface area (Å²) in [4.78, 5) is 23.7. The van der Waals surface area contributed by atoms with Crippen molar-refractivity contribution in [3.63, 3.8) is 0 Å². The molecule has 2 aromatic rings. The van der Waals surface area contributed by atoms with Gasteiger partial charge in [-0.15, -0.1) is 0 Å². The molecule has 1 aliphatic heterocycles. The number of fused-ring (bicyclic) bond motifs is 1. The van der Waals surface area contributed by atoms with Crippen molar-refractivity contribution in [1.82, 2.24) is 19.4 Å². The van der Waals surface area contributed by atoms with Gasteiger partial charge in [-0.2, -0.15) is 0 Å². The molecule has 0 unspecified atom stereocenters. The van der Waals surface area contributed by atoms with Crippen LogP contribution in [-0.4, -0.2) is 51.6 Å². The van der Waals surface area contributed by atoms with Gasteiger partial charge in [-0.05, 0) is 31.7 Å². The first-order chi connectivity index (χ1) is 11.8. The molecular formula is C18H24N4O2. The van der Waals surface area contributed by atoms with Gasteiger partial charge in [0.2, 0.25) is 0 Å². The average Bonchev–Trinajstić information content (AvgIpc) is 3.29. The van der Waals surface area contributed by atoms with E-state index >= 15 is 0 Å². The number of ether oxygens (including phenoxy) is 1. The molecule has 2 fully saturated rings. The molecule has 1 aliphatic carbocycles. The molecule has 128 valence electrons. The second-order valence-corrected chi connectivity index (χ2v) is 6.88. The van der Waals surface area contributed by atoms with Crippen molar-refractivity contribution in [2.45, 2.75) is 50.7 Å². The summed E-state index contributed by atoms with van der Waals surface area (Å²) in [6.07, 6.45) is 10.6. The lowest BCUT2D eigenvalue weighted by atomic mass is 10.1. The number of piperidine rings is 1. The molecule has 24 heavy (non-hydrogen) atoms. The quantitative estimate of drug-likeness (QED) is 0.869. The molecule has 0 radical (unpaired) electrons. The molecule has 1 saturated heterocycles. The zero-order chi connectivity index (χ0) is 16.5. The van der Waals surface area contributed by atoms with Crippen LogP contribution >= 0.6 is 0 Å². The molecule has 0 spiro atoms. The standard InChI is InChI=1S/C18H24N4O2/c1-24-15-6-8-21(9-7-15)18(23)13-10-16-17(19-11-13)22(12-20-16)14-4-2-3-5-14/h10-12,14-15H,2-9H2,1H3. The molecule has 2 aliphatic rings. The highest BCUT2D eigenvalue weighted by molar-refractivity contribution is 5.96. The van der Waals surface area contributed by atoms with Crippen LogP contribution in [0.5, 0.6) is 0 Å². The van der Waals surface area contributed by atoms with Crippen LogP contribution in [0.3, 0.4) is 0 Å². The lowest BCUT2D eigenvalue weighted by molar-refractivity contribution is 0.0350. The molecule has 3 heterocycles. The van der Waals surface area contributed by atoms with Gasteiger partial charge in [0.1, 0.15) is 5.52 Å². The molecule has 6 nitrogen and oxygen atoms in total. The van der Waals surface area contributed by atoms with Gasteiger partial charge in [0.15, 0.2) is 5.65 Å². The lowest BCUT2D eigenvalue weighted by Crippen LogP contribution is -2.40. The van der Waals surface area contributed by atoms with Crippen LogP contribution in [0, 0.1) is 0 Å². The number of hydrogen-bond acceptors (Lipinski definition) is 4. The third-order valence-electron chi connectivity index (χ3n) is 5.44. The third kappa shape index (κ3) is 2.79. The van der Waals surface area contributed by atoms with E-state index in [4.69, 9.17) is 4.74 Å². The molecule has 1 saturated carbocycles. The van der Waals surface area contributed by atoms with Crippen LogP contribution in [0.25, 0.3) is 11.2 Å². The van der Waals surface area contributed by atoms with Gasteiger partial charge in [0.25, 0.3) is 5.91 Å². The number of hydrogen-bond donors (Lipinski definition) is 0. The Morgan fingerprint density at radius 2 is 1.92 bits per heavy atom. The molecule has 6 heteroatoms. The number of carbonyl (C=O) groups is 1. The lowest BCUT2D eigenvalue weighted by Gasteiger charge is -2.31. The summed E-state index contributed by atoms with van der Waals surface area (Å²) < 4.78 is 7.55. The van der Waals surface area contributed by atoms with Crippen molar-refractivity contribution in [1.29, 1.82) is 0 Å². The number of methoxy groups -OCH3 is 1. The molecule has 0 atom stereocenters. The molecule has 0 N–H and O–H groups in total. The SMILES string of the molecule is COC1CCN(C(=O)c2cnc3c(c2)ncn3C2CCCC2)CC1. The van der Waals surface area contributed by atoms with Crippen LogP contribution in [-0.2, 0) is 4.74 Å². The van der Waals surface area contributed by atoms with E-state index in [1.807, 2.05) is 17.3 Å². The maximum Gasteiger partial charge on any atom is 0.255 e. The molecular weight excluding hydrogens is 304 g/mol. The van der Waals surface area contributed by atoms with Crippen LogP contribution < -0.4 is 0 Å². The predicted molar refractivity (Wildman–Crippen MR) is 91.0 cm³/mol. The van der Waals surface area contributed by atoms with Gasteiger partial charge in [-0.1, -0.05) is 12.8 Å². The second kappa shape index (κ2) is 6.51. The summed E-state index contributed by atoms with van der Waals surface area (Å²) in [5.41, 5.74) is 2.35. The Morgan fingerprint density at radius 1 is 1.17 bits per heavy atom. The summed E-state index contributed by atoms with van der Waals surface area (Å²) >= 11 is 0. The Morgan fingerprint density at radius 3 is 2.62 bits per heavy atom. The Bertz CT molecular complexity index is 728. The molecule has 0 aromatic carbocycles. The van der Waals surface area contributed by atoms with Crippen molar-refractivity contribution < 1.29 is 9.53 Å². The van der Waals surface area contributed by atoms with E-state index in [1.54, 1.807) is 13.3 Å². The van der Waals surface area contributed by atoms with E-state index in [-0.39, 0.29) is 12.0 Å². The van der Waals surface area contributed by atoms with E-state index in [0.29, 0.717) is 11.6 Å². The zero-order valence-electron chi connectivity index (χ0n) is 14.1. The predicted octanol–water partition coefficient (Wildman–Crippen LogP) is 2.80. The number of amides is 1. The Balaban J connectivity index is 1.53. The van der Waals surface area contributed by atoms with Gasteiger partial charge in [-0.25, -0.2) is 9.97 Å². The van der Waals surface area contributed by atoms with Crippen molar-refractivity contribution in [2.24, 2.45) is 0 Å². The largest absolute Gasteiger partial charge is 0.381 e. The fraction of sp³-hybridized carbons (Fsp3) is 0.611. The van der Waals surface area contributed by atoms with E-state index in [2.05, 4.69) is 14.5 Å². The fourth-order valence-corrected chi connectivity index (χ4v) is 3.96. The number of rotatable bonds is 3. The second-order valence-electron chi connectivity index (χ2n) is 6.88. The van der Waals surface area contributed by atoms with Gasteiger partial charge >= 0.3 is 0 Å². The number of likely N-dealkylation sites (tertiary alicyclic amines) is 1. The summed E-state index contributed by atoms with van der Waals surface area (Å²) in [6.45, 7) is 1.48. The normalized spacial score (nSPS) is 20.1. The highest BCUT2D eigenvalue weighted by atomic mass is 16.5. The molecule has 2 aromatic heterocycles. The number of nitrogens with zero attached hydrogens (tertiary/aromatic N) is 4. The monoisotopic (exact) mass is 328 g/mol. The highest BCUT2D eigenvalue weighted by Gasteiger charge is 2.25. The Kier molecular flexibility index (Phi) is 4.22. The summed E-state index contributed by atoms with van der Waals surface area (Å²) in [6, 6.07) is 2.40. The first-order valence-corrected chi connectivity index (χ1v) is 8.91. The number of aromatic nitrogens is 3. The van der Waals surface area contributed by atoms with Gasteiger partial charge < -0.3 is 14.2 Å². The maximum atomic E-state index is 12.7. The van der Waals surface area contributed by atoms with Crippen LogP contribution in [0.15, 0.2) is 18.6 Å². The zero-order valence-corrected chi connectivity index (χ0v) is 14.1. The minimum atomic E-state index is 0.0503. The number of imidazole rings is 1. The van der Waals surface area contributed by atoms with Crippen molar-refractivity contribution >= 4 is 17.1 Å². The first-order valence-electron chi connectivity index (χ1n) is 8.91. The average molecular weight is 328 g/mol. The fourth-order valence-electron chi connectivity index (χ4n) is 3.96. The van der Waals surface area contributed by atoms with Crippen LogP contribution in [0.2, 0.25) is 0 Å².